The van der Waals surface area contributed by atoms with Crippen LogP contribution in [0.3, 0.4) is 0 Å². The summed E-state index contributed by atoms with van der Waals surface area (Å²) in [5.41, 5.74) is 7.50. The number of amides is 1. The molecule has 3 N–H and O–H groups in total. The summed E-state index contributed by atoms with van der Waals surface area (Å²) < 4.78 is 0. The van der Waals surface area contributed by atoms with E-state index in [-0.39, 0.29) is 12.5 Å². The van der Waals surface area contributed by atoms with Gasteiger partial charge in [0.25, 0.3) is 0 Å². The lowest BCUT2D eigenvalue weighted by Gasteiger charge is -2.17. The summed E-state index contributed by atoms with van der Waals surface area (Å²) in [6, 6.07) is 7.64. The average Bonchev–Trinajstić information content (AvgIpc) is 2.42. The van der Waals surface area contributed by atoms with Crippen LogP contribution in [-0.2, 0) is 11.2 Å². The maximum atomic E-state index is 11.9. The number of aryl methyl sites for hydroxylation is 1. The first-order chi connectivity index (χ1) is 9.13. The Kier molecular flexibility index (Phi) is 6.97. The van der Waals surface area contributed by atoms with Crippen LogP contribution in [0.15, 0.2) is 24.3 Å². The summed E-state index contributed by atoms with van der Waals surface area (Å²) in [5.74, 6) is 0.167. The molecule has 0 saturated carbocycles. The second kappa shape index (κ2) is 8.53. The number of nitrogen functional groups attached to an aromatic ring is 1. The maximum absolute atomic E-state index is 11.9. The first-order valence-electron chi connectivity index (χ1n) is 6.82. The second-order valence-corrected chi connectivity index (χ2v) is 4.84. The minimum atomic E-state index is 0.167. The molecule has 0 bridgehead atoms. The average molecular weight is 264 g/mol. The van der Waals surface area contributed by atoms with E-state index in [4.69, 9.17) is 10.8 Å². The van der Waals surface area contributed by atoms with Gasteiger partial charge in [-0.25, -0.2) is 0 Å². The summed E-state index contributed by atoms with van der Waals surface area (Å²) in [7, 11) is 1.84. The largest absolute Gasteiger partial charge is 0.399 e. The Balaban J connectivity index is 2.24. The lowest BCUT2D eigenvalue weighted by atomic mass is 10.1. The van der Waals surface area contributed by atoms with Crippen molar-refractivity contribution < 1.29 is 9.90 Å². The van der Waals surface area contributed by atoms with Crippen LogP contribution in [-0.4, -0.2) is 36.1 Å². The SMILES string of the molecule is CN(CCCCCO)C(=O)CCc1ccc(N)cc1. The molecule has 1 rings (SSSR count). The van der Waals surface area contributed by atoms with Crippen LogP contribution in [0.25, 0.3) is 0 Å². The number of nitrogens with zero attached hydrogens (tertiary/aromatic N) is 1. The van der Waals surface area contributed by atoms with E-state index in [9.17, 15) is 4.79 Å². The molecule has 0 saturated heterocycles. The zero-order valence-electron chi connectivity index (χ0n) is 11.6. The number of anilines is 1. The van der Waals surface area contributed by atoms with Crippen molar-refractivity contribution in [2.45, 2.75) is 32.1 Å². The third kappa shape index (κ3) is 6.25. The Morgan fingerprint density at radius 2 is 1.89 bits per heavy atom. The van der Waals surface area contributed by atoms with Gasteiger partial charge in [0.2, 0.25) is 5.91 Å². The standard InChI is InChI=1S/C15H24N2O2/c1-17(11-3-2-4-12-18)15(19)10-7-13-5-8-14(16)9-6-13/h5-6,8-9,18H,2-4,7,10-12,16H2,1H3. The predicted octanol–water partition coefficient (Wildman–Crippen LogP) is 1.82. The molecule has 1 amide bonds. The Labute approximate surface area is 115 Å². The minimum absolute atomic E-state index is 0.167. The maximum Gasteiger partial charge on any atom is 0.222 e. The van der Waals surface area contributed by atoms with E-state index < -0.39 is 0 Å². The first kappa shape index (κ1) is 15.5. The summed E-state index contributed by atoms with van der Waals surface area (Å²) in [4.78, 5) is 13.7. The molecule has 1 aromatic rings. The van der Waals surface area contributed by atoms with Crippen LogP contribution in [0.4, 0.5) is 5.69 Å². The van der Waals surface area contributed by atoms with E-state index in [1.54, 1.807) is 4.90 Å². The number of hydrogen-bond acceptors (Lipinski definition) is 3. The molecule has 0 fully saturated rings. The molecule has 0 aliphatic rings. The molecule has 0 spiro atoms. The van der Waals surface area contributed by atoms with E-state index in [0.29, 0.717) is 6.42 Å². The molecule has 0 unspecified atom stereocenters. The van der Waals surface area contributed by atoms with Gasteiger partial charge in [0.15, 0.2) is 0 Å². The Bertz CT molecular complexity index is 376. The Hall–Kier alpha value is -1.55. The highest BCUT2D eigenvalue weighted by molar-refractivity contribution is 5.76. The number of benzene rings is 1. The molecule has 106 valence electrons. The van der Waals surface area contributed by atoms with Crippen molar-refractivity contribution in [2.24, 2.45) is 0 Å². The molecule has 19 heavy (non-hydrogen) atoms. The van der Waals surface area contributed by atoms with Gasteiger partial charge in [-0.1, -0.05) is 12.1 Å². The van der Waals surface area contributed by atoms with Crippen LogP contribution < -0.4 is 5.73 Å². The predicted molar refractivity (Wildman–Crippen MR) is 77.7 cm³/mol. The highest BCUT2D eigenvalue weighted by Crippen LogP contribution is 2.08. The Morgan fingerprint density at radius 3 is 2.53 bits per heavy atom. The molecular weight excluding hydrogens is 240 g/mol. The van der Waals surface area contributed by atoms with E-state index >= 15 is 0 Å². The van der Waals surface area contributed by atoms with Gasteiger partial charge in [-0.15, -0.1) is 0 Å². The number of aliphatic hydroxyl groups is 1. The van der Waals surface area contributed by atoms with Gasteiger partial charge < -0.3 is 15.7 Å². The van der Waals surface area contributed by atoms with E-state index in [1.165, 1.54) is 0 Å². The van der Waals surface area contributed by atoms with Crippen LogP contribution in [0, 0.1) is 0 Å². The molecule has 0 atom stereocenters. The van der Waals surface area contributed by atoms with Crippen molar-refractivity contribution in [1.82, 2.24) is 4.90 Å². The van der Waals surface area contributed by atoms with E-state index in [1.807, 2.05) is 31.3 Å². The minimum Gasteiger partial charge on any atom is -0.399 e. The lowest BCUT2D eigenvalue weighted by Crippen LogP contribution is -2.27. The van der Waals surface area contributed by atoms with Gasteiger partial charge in [-0.3, -0.25) is 4.79 Å². The number of rotatable bonds is 8. The van der Waals surface area contributed by atoms with Gasteiger partial charge in [0, 0.05) is 32.3 Å². The van der Waals surface area contributed by atoms with Crippen molar-refractivity contribution in [3.63, 3.8) is 0 Å². The highest BCUT2D eigenvalue weighted by atomic mass is 16.2. The Morgan fingerprint density at radius 1 is 1.21 bits per heavy atom. The highest BCUT2D eigenvalue weighted by Gasteiger charge is 2.08. The fraction of sp³-hybridized carbons (Fsp3) is 0.533. The summed E-state index contributed by atoms with van der Waals surface area (Å²) in [6.45, 7) is 0.995. The molecule has 1 aromatic carbocycles. The van der Waals surface area contributed by atoms with Crippen molar-refractivity contribution in [2.75, 3.05) is 25.9 Å². The van der Waals surface area contributed by atoms with Gasteiger partial charge in [-0.2, -0.15) is 0 Å². The fourth-order valence-electron chi connectivity index (χ4n) is 1.89. The topological polar surface area (TPSA) is 66.6 Å². The van der Waals surface area contributed by atoms with Crippen molar-refractivity contribution in [1.29, 1.82) is 0 Å². The van der Waals surface area contributed by atoms with Crippen LogP contribution >= 0.6 is 0 Å². The number of hydrogen-bond donors (Lipinski definition) is 2. The molecule has 0 aliphatic carbocycles. The van der Waals surface area contributed by atoms with Crippen LogP contribution in [0.5, 0.6) is 0 Å². The van der Waals surface area contributed by atoms with Gasteiger partial charge >= 0.3 is 0 Å². The van der Waals surface area contributed by atoms with Crippen LogP contribution in [0.1, 0.15) is 31.2 Å². The van der Waals surface area contributed by atoms with E-state index in [0.717, 1.165) is 43.5 Å². The third-order valence-corrected chi connectivity index (χ3v) is 3.18. The van der Waals surface area contributed by atoms with Gasteiger partial charge in [0.1, 0.15) is 0 Å². The normalized spacial score (nSPS) is 10.4. The summed E-state index contributed by atoms with van der Waals surface area (Å²) in [6.07, 6.45) is 4.00. The van der Waals surface area contributed by atoms with Crippen molar-refractivity contribution in [3.8, 4) is 0 Å². The zero-order chi connectivity index (χ0) is 14.1. The number of nitrogens with two attached hydrogens (primary N) is 1. The molecule has 4 heteroatoms. The van der Waals surface area contributed by atoms with Crippen molar-refractivity contribution in [3.05, 3.63) is 29.8 Å². The number of unbranched alkanes of at least 4 members (excludes halogenated alkanes) is 2. The van der Waals surface area contributed by atoms with Crippen LogP contribution in [0.2, 0.25) is 0 Å². The molecule has 0 heterocycles. The summed E-state index contributed by atoms with van der Waals surface area (Å²) >= 11 is 0. The molecule has 0 aromatic heterocycles. The van der Waals surface area contributed by atoms with Crippen molar-refractivity contribution >= 4 is 11.6 Å². The lowest BCUT2D eigenvalue weighted by molar-refractivity contribution is -0.129. The third-order valence-electron chi connectivity index (χ3n) is 3.18. The quantitative estimate of drug-likeness (QED) is 0.556. The monoisotopic (exact) mass is 264 g/mol. The number of carbonyl (C=O) groups is 1. The van der Waals surface area contributed by atoms with Gasteiger partial charge in [-0.05, 0) is 43.4 Å². The van der Waals surface area contributed by atoms with Gasteiger partial charge in [0.05, 0.1) is 0 Å². The number of carbonyl (C=O) groups excluding carboxylic acids is 1. The molecule has 0 aliphatic heterocycles. The second-order valence-electron chi connectivity index (χ2n) is 4.84. The number of aliphatic hydroxyl groups excluding tert-OH is 1. The first-order valence-corrected chi connectivity index (χ1v) is 6.82. The summed E-state index contributed by atoms with van der Waals surface area (Å²) in [5, 5.41) is 8.68. The zero-order valence-corrected chi connectivity index (χ0v) is 11.6. The molecule has 4 nitrogen and oxygen atoms in total. The smallest absolute Gasteiger partial charge is 0.222 e. The van der Waals surface area contributed by atoms with E-state index in [2.05, 4.69) is 0 Å². The molecular formula is C15H24N2O2. The molecule has 0 radical (unpaired) electrons. The fourth-order valence-corrected chi connectivity index (χ4v) is 1.89.